The van der Waals surface area contributed by atoms with Crippen molar-refractivity contribution < 1.29 is 0 Å². The van der Waals surface area contributed by atoms with E-state index in [9.17, 15) is 0 Å². The van der Waals surface area contributed by atoms with Gasteiger partial charge in [0.1, 0.15) is 0 Å². The first-order valence-electron chi connectivity index (χ1n) is 4.46. The highest BCUT2D eigenvalue weighted by Crippen LogP contribution is 2.25. The maximum Gasteiger partial charge on any atom is 0.0343 e. The number of fused-ring (bicyclic) bond motifs is 1. The van der Waals surface area contributed by atoms with Crippen LogP contribution in [0.25, 0.3) is 15.7 Å². The molecule has 0 atom stereocenters. The third kappa shape index (κ3) is 1.52. The molecule has 0 unspecified atom stereocenters. The fourth-order valence-corrected chi connectivity index (χ4v) is 2.16. The number of benzene rings is 1. The molecule has 1 aromatic carbocycles. The Labute approximate surface area is 82.5 Å². The summed E-state index contributed by atoms with van der Waals surface area (Å²) in [5.41, 5.74) is 2.49. The molecular formula is C12H12S. The SMILES string of the molecule is C=C(CC)c1ccc2sccc2c1. The quantitative estimate of drug-likeness (QED) is 0.658. The largest absolute Gasteiger partial charge is 0.144 e. The monoisotopic (exact) mass is 188 g/mol. The van der Waals surface area contributed by atoms with Crippen LogP contribution in [0.15, 0.2) is 36.2 Å². The van der Waals surface area contributed by atoms with Crippen LogP contribution in [0.1, 0.15) is 18.9 Å². The van der Waals surface area contributed by atoms with Gasteiger partial charge in [0.15, 0.2) is 0 Å². The van der Waals surface area contributed by atoms with Gasteiger partial charge in [0, 0.05) is 4.70 Å². The number of hydrogen-bond acceptors (Lipinski definition) is 1. The van der Waals surface area contributed by atoms with Gasteiger partial charge in [-0.3, -0.25) is 0 Å². The van der Waals surface area contributed by atoms with Gasteiger partial charge in [0.25, 0.3) is 0 Å². The van der Waals surface area contributed by atoms with Gasteiger partial charge in [0.2, 0.25) is 0 Å². The van der Waals surface area contributed by atoms with E-state index in [0.29, 0.717) is 0 Å². The molecule has 0 aliphatic rings. The Bertz CT molecular complexity index is 437. The van der Waals surface area contributed by atoms with Gasteiger partial charge in [-0.2, -0.15) is 0 Å². The summed E-state index contributed by atoms with van der Waals surface area (Å²) in [5.74, 6) is 0. The lowest BCUT2D eigenvalue weighted by atomic mass is 10.0. The second-order valence-electron chi connectivity index (χ2n) is 3.13. The first kappa shape index (κ1) is 8.52. The maximum atomic E-state index is 4.04. The zero-order valence-corrected chi connectivity index (χ0v) is 8.53. The van der Waals surface area contributed by atoms with Crippen molar-refractivity contribution in [2.24, 2.45) is 0 Å². The highest BCUT2D eigenvalue weighted by molar-refractivity contribution is 7.17. The van der Waals surface area contributed by atoms with Crippen LogP contribution in [-0.4, -0.2) is 0 Å². The van der Waals surface area contributed by atoms with Gasteiger partial charge < -0.3 is 0 Å². The topological polar surface area (TPSA) is 0 Å². The molecule has 1 heteroatoms. The molecule has 0 spiro atoms. The van der Waals surface area contributed by atoms with Crippen LogP contribution in [0.2, 0.25) is 0 Å². The molecule has 13 heavy (non-hydrogen) atoms. The fraction of sp³-hybridized carbons (Fsp3) is 0.167. The van der Waals surface area contributed by atoms with Crippen LogP contribution in [0.5, 0.6) is 0 Å². The summed E-state index contributed by atoms with van der Waals surface area (Å²) in [7, 11) is 0. The molecule has 0 saturated heterocycles. The third-order valence-electron chi connectivity index (χ3n) is 2.29. The van der Waals surface area contributed by atoms with Gasteiger partial charge in [-0.05, 0) is 46.5 Å². The minimum Gasteiger partial charge on any atom is -0.144 e. The second-order valence-corrected chi connectivity index (χ2v) is 4.08. The molecule has 0 N–H and O–H groups in total. The van der Waals surface area contributed by atoms with Crippen LogP contribution < -0.4 is 0 Å². The van der Waals surface area contributed by atoms with Crippen LogP contribution in [0, 0.1) is 0 Å². The molecule has 66 valence electrons. The van der Waals surface area contributed by atoms with Gasteiger partial charge in [-0.25, -0.2) is 0 Å². The fourth-order valence-electron chi connectivity index (χ4n) is 1.39. The summed E-state index contributed by atoms with van der Waals surface area (Å²) >= 11 is 1.79. The molecule has 2 aromatic rings. The van der Waals surface area contributed by atoms with Crippen molar-refractivity contribution in [2.45, 2.75) is 13.3 Å². The molecule has 1 aromatic heterocycles. The summed E-state index contributed by atoms with van der Waals surface area (Å²) in [6.45, 7) is 6.18. The van der Waals surface area contributed by atoms with E-state index in [1.54, 1.807) is 11.3 Å². The molecule has 0 aliphatic heterocycles. The minimum absolute atomic E-state index is 1.02. The Morgan fingerprint density at radius 1 is 1.38 bits per heavy atom. The standard InChI is InChI=1S/C12H12S/c1-3-9(2)10-4-5-12-11(8-10)6-7-13-12/h4-8H,2-3H2,1H3. The predicted octanol–water partition coefficient (Wildman–Crippen LogP) is 4.32. The van der Waals surface area contributed by atoms with E-state index in [1.165, 1.54) is 21.2 Å². The Hall–Kier alpha value is -1.08. The summed E-state index contributed by atoms with van der Waals surface area (Å²) < 4.78 is 1.35. The Morgan fingerprint density at radius 2 is 2.23 bits per heavy atom. The van der Waals surface area contributed by atoms with Gasteiger partial charge >= 0.3 is 0 Å². The number of thiophene rings is 1. The smallest absolute Gasteiger partial charge is 0.0343 e. The van der Waals surface area contributed by atoms with Gasteiger partial charge in [-0.1, -0.05) is 19.6 Å². The molecule has 0 bridgehead atoms. The number of allylic oxidation sites excluding steroid dienone is 1. The Morgan fingerprint density at radius 3 is 3.00 bits per heavy atom. The molecule has 0 nitrogen and oxygen atoms in total. The van der Waals surface area contributed by atoms with Crippen molar-refractivity contribution >= 4 is 27.0 Å². The van der Waals surface area contributed by atoms with E-state index >= 15 is 0 Å². The third-order valence-corrected chi connectivity index (χ3v) is 3.19. The zero-order chi connectivity index (χ0) is 9.26. The van der Waals surface area contributed by atoms with Crippen LogP contribution >= 0.6 is 11.3 Å². The summed E-state index contributed by atoms with van der Waals surface area (Å²) in [4.78, 5) is 0. The molecule has 1 heterocycles. The van der Waals surface area contributed by atoms with Crippen molar-refractivity contribution in [1.82, 2.24) is 0 Å². The minimum atomic E-state index is 1.02. The number of rotatable bonds is 2. The van der Waals surface area contributed by atoms with E-state index in [-0.39, 0.29) is 0 Å². The van der Waals surface area contributed by atoms with E-state index in [0.717, 1.165) is 6.42 Å². The second kappa shape index (κ2) is 3.35. The lowest BCUT2D eigenvalue weighted by molar-refractivity contribution is 1.25. The van der Waals surface area contributed by atoms with E-state index in [1.807, 2.05) is 0 Å². The van der Waals surface area contributed by atoms with Crippen molar-refractivity contribution in [3.63, 3.8) is 0 Å². The van der Waals surface area contributed by atoms with Gasteiger partial charge in [0.05, 0.1) is 0 Å². The van der Waals surface area contributed by atoms with Crippen LogP contribution in [0.3, 0.4) is 0 Å². The van der Waals surface area contributed by atoms with E-state index in [2.05, 4.69) is 43.1 Å². The molecule has 0 fully saturated rings. The van der Waals surface area contributed by atoms with Crippen molar-refractivity contribution in [3.05, 3.63) is 41.8 Å². The Balaban J connectivity index is 2.54. The highest BCUT2D eigenvalue weighted by atomic mass is 32.1. The zero-order valence-electron chi connectivity index (χ0n) is 7.71. The number of hydrogen-bond donors (Lipinski definition) is 0. The lowest BCUT2D eigenvalue weighted by Crippen LogP contribution is -1.78. The molecule has 2 rings (SSSR count). The molecule has 0 saturated carbocycles. The van der Waals surface area contributed by atoms with Crippen LogP contribution in [-0.2, 0) is 0 Å². The van der Waals surface area contributed by atoms with Crippen molar-refractivity contribution in [3.8, 4) is 0 Å². The van der Waals surface area contributed by atoms with Crippen molar-refractivity contribution in [2.75, 3.05) is 0 Å². The summed E-state index contributed by atoms with van der Waals surface area (Å²) in [6.07, 6.45) is 1.02. The molecule has 0 amide bonds. The van der Waals surface area contributed by atoms with E-state index in [4.69, 9.17) is 0 Å². The average Bonchev–Trinajstić information content (AvgIpc) is 2.63. The predicted molar refractivity (Wildman–Crippen MR) is 61.2 cm³/mol. The summed E-state index contributed by atoms with van der Waals surface area (Å²) in [5, 5.41) is 3.46. The Kier molecular flexibility index (Phi) is 2.19. The van der Waals surface area contributed by atoms with Crippen LogP contribution in [0.4, 0.5) is 0 Å². The lowest BCUT2D eigenvalue weighted by Gasteiger charge is -2.01. The first-order chi connectivity index (χ1) is 6.31. The van der Waals surface area contributed by atoms with Gasteiger partial charge in [-0.15, -0.1) is 11.3 Å². The average molecular weight is 188 g/mol. The molecular weight excluding hydrogens is 176 g/mol. The normalized spacial score (nSPS) is 10.5. The molecule has 0 radical (unpaired) electrons. The first-order valence-corrected chi connectivity index (χ1v) is 5.34. The molecule has 0 aliphatic carbocycles. The van der Waals surface area contributed by atoms with E-state index < -0.39 is 0 Å². The summed E-state index contributed by atoms with van der Waals surface area (Å²) in [6, 6.07) is 8.71. The van der Waals surface area contributed by atoms with Crippen molar-refractivity contribution in [1.29, 1.82) is 0 Å². The highest BCUT2D eigenvalue weighted by Gasteiger charge is 1.99. The maximum absolute atomic E-state index is 4.04.